The van der Waals surface area contributed by atoms with E-state index in [1.165, 1.54) is 13.2 Å². The van der Waals surface area contributed by atoms with E-state index in [0.717, 1.165) is 47.1 Å². The predicted molar refractivity (Wildman–Crippen MR) is 138 cm³/mol. The average Bonchev–Trinajstić information content (AvgIpc) is 3.08. The van der Waals surface area contributed by atoms with Crippen molar-refractivity contribution in [3.8, 4) is 0 Å². The number of fused-ring (bicyclic) bond motifs is 1. The van der Waals surface area contributed by atoms with Gasteiger partial charge in [0.1, 0.15) is 11.4 Å². The minimum absolute atomic E-state index is 0.250. The molecule has 0 radical (unpaired) electrons. The smallest absolute Gasteiger partial charge is 0.410 e. The van der Waals surface area contributed by atoms with E-state index in [2.05, 4.69) is 11.5 Å². The SMILES string of the molecule is COC(=O)c1ccc(Cc2c(C)n(CC3CCN(C(=O)OC(C)(C)C)CC3)c3ccc(F)cc23)cc1. The van der Waals surface area contributed by atoms with Crippen LogP contribution < -0.4 is 0 Å². The highest BCUT2D eigenvalue weighted by atomic mass is 19.1. The molecule has 0 spiro atoms. The van der Waals surface area contributed by atoms with Crippen LogP contribution in [0.5, 0.6) is 0 Å². The summed E-state index contributed by atoms with van der Waals surface area (Å²) in [5, 5.41) is 0.913. The molecule has 1 aliphatic rings. The number of carbonyl (C=O) groups excluding carboxylic acids is 2. The Morgan fingerprint density at radius 2 is 1.72 bits per heavy atom. The number of hydrogen-bond acceptors (Lipinski definition) is 4. The average molecular weight is 495 g/mol. The lowest BCUT2D eigenvalue weighted by molar-refractivity contribution is 0.0178. The van der Waals surface area contributed by atoms with Crippen molar-refractivity contribution in [1.82, 2.24) is 9.47 Å². The van der Waals surface area contributed by atoms with Gasteiger partial charge in [-0.2, -0.15) is 0 Å². The minimum Gasteiger partial charge on any atom is -0.465 e. The molecule has 3 aromatic rings. The quantitative estimate of drug-likeness (QED) is 0.401. The molecule has 1 fully saturated rings. The number of hydrogen-bond donors (Lipinski definition) is 0. The molecular formula is C29H35FN2O4. The van der Waals surface area contributed by atoms with Gasteiger partial charge in [0.15, 0.2) is 0 Å². The van der Waals surface area contributed by atoms with Gasteiger partial charge >= 0.3 is 12.1 Å². The van der Waals surface area contributed by atoms with Crippen LogP contribution in [-0.4, -0.2) is 47.3 Å². The number of methoxy groups -OCH3 is 1. The lowest BCUT2D eigenvalue weighted by atomic mass is 9.96. The lowest BCUT2D eigenvalue weighted by Gasteiger charge is -2.33. The van der Waals surface area contributed by atoms with E-state index >= 15 is 0 Å². The number of likely N-dealkylation sites (tertiary alicyclic amines) is 1. The first-order valence-electron chi connectivity index (χ1n) is 12.5. The second kappa shape index (κ2) is 10.3. The van der Waals surface area contributed by atoms with Crippen LogP contribution in [0.1, 0.15) is 60.8 Å². The molecule has 0 N–H and O–H groups in total. The Balaban J connectivity index is 1.53. The summed E-state index contributed by atoms with van der Waals surface area (Å²) in [6.07, 6.45) is 2.17. The van der Waals surface area contributed by atoms with Crippen LogP contribution >= 0.6 is 0 Å². The molecule has 0 unspecified atom stereocenters. The van der Waals surface area contributed by atoms with Gasteiger partial charge in [0.05, 0.1) is 12.7 Å². The van der Waals surface area contributed by atoms with Crippen molar-refractivity contribution in [2.45, 2.75) is 59.1 Å². The lowest BCUT2D eigenvalue weighted by Crippen LogP contribution is -2.42. The van der Waals surface area contributed by atoms with Gasteiger partial charge < -0.3 is 18.9 Å². The van der Waals surface area contributed by atoms with Crippen molar-refractivity contribution < 1.29 is 23.5 Å². The Bertz CT molecular complexity index is 1250. The van der Waals surface area contributed by atoms with Crippen molar-refractivity contribution in [3.63, 3.8) is 0 Å². The molecule has 1 amide bonds. The Hall–Kier alpha value is -3.35. The van der Waals surface area contributed by atoms with Crippen molar-refractivity contribution in [1.29, 1.82) is 0 Å². The highest BCUT2D eigenvalue weighted by Crippen LogP contribution is 2.31. The van der Waals surface area contributed by atoms with Crippen LogP contribution in [-0.2, 0) is 22.4 Å². The number of carbonyl (C=O) groups is 2. The highest BCUT2D eigenvalue weighted by Gasteiger charge is 2.28. The van der Waals surface area contributed by atoms with Crippen LogP contribution in [0.4, 0.5) is 9.18 Å². The number of halogens is 1. The van der Waals surface area contributed by atoms with E-state index in [1.807, 2.05) is 39.0 Å². The normalized spacial score (nSPS) is 14.8. The van der Waals surface area contributed by atoms with Gasteiger partial charge in [-0.1, -0.05) is 12.1 Å². The number of piperidine rings is 1. The molecular weight excluding hydrogens is 459 g/mol. The van der Waals surface area contributed by atoms with Crippen molar-refractivity contribution in [2.75, 3.05) is 20.2 Å². The highest BCUT2D eigenvalue weighted by molar-refractivity contribution is 5.89. The van der Waals surface area contributed by atoms with E-state index in [4.69, 9.17) is 9.47 Å². The fourth-order valence-electron chi connectivity index (χ4n) is 4.95. The van der Waals surface area contributed by atoms with E-state index < -0.39 is 5.60 Å². The van der Waals surface area contributed by atoms with E-state index in [9.17, 15) is 14.0 Å². The number of aromatic nitrogens is 1. The molecule has 0 bridgehead atoms. The second-order valence-electron chi connectivity index (χ2n) is 10.6. The molecule has 192 valence electrons. The van der Waals surface area contributed by atoms with Gasteiger partial charge in [0.2, 0.25) is 0 Å². The first-order chi connectivity index (χ1) is 17.1. The monoisotopic (exact) mass is 494 g/mol. The fourth-order valence-corrected chi connectivity index (χ4v) is 4.95. The first-order valence-corrected chi connectivity index (χ1v) is 12.5. The van der Waals surface area contributed by atoms with Crippen molar-refractivity contribution in [2.24, 2.45) is 5.92 Å². The zero-order chi connectivity index (χ0) is 26.0. The summed E-state index contributed by atoms with van der Waals surface area (Å²) in [7, 11) is 1.37. The van der Waals surface area contributed by atoms with Gasteiger partial charge in [0.25, 0.3) is 0 Å². The molecule has 7 heteroatoms. The van der Waals surface area contributed by atoms with Crippen LogP contribution in [0, 0.1) is 18.7 Å². The second-order valence-corrected chi connectivity index (χ2v) is 10.6. The molecule has 0 atom stereocenters. The van der Waals surface area contributed by atoms with Crippen molar-refractivity contribution in [3.05, 3.63) is 70.7 Å². The maximum absolute atomic E-state index is 14.3. The standard InChI is InChI=1S/C29H35FN2O4/c1-19-24(16-20-6-8-22(9-7-20)27(33)35-5)25-17-23(30)10-11-26(25)32(19)18-21-12-14-31(15-13-21)28(34)36-29(2,3)4/h6-11,17,21H,12-16,18H2,1-5H3. The molecule has 36 heavy (non-hydrogen) atoms. The maximum Gasteiger partial charge on any atom is 0.410 e. The number of nitrogens with zero attached hydrogens (tertiary/aromatic N) is 2. The maximum atomic E-state index is 14.3. The van der Waals surface area contributed by atoms with Gasteiger partial charge in [-0.15, -0.1) is 0 Å². The Morgan fingerprint density at radius 3 is 2.33 bits per heavy atom. The van der Waals surface area contributed by atoms with Gasteiger partial charge in [-0.25, -0.2) is 14.0 Å². The van der Waals surface area contributed by atoms with Crippen LogP contribution in [0.3, 0.4) is 0 Å². The Labute approximate surface area is 212 Å². The van der Waals surface area contributed by atoms with Gasteiger partial charge in [0, 0.05) is 36.2 Å². The van der Waals surface area contributed by atoms with Gasteiger partial charge in [-0.05, 0) is 94.3 Å². The predicted octanol–water partition coefficient (Wildman–Crippen LogP) is 6.11. The summed E-state index contributed by atoms with van der Waals surface area (Å²) in [4.78, 5) is 26.0. The third-order valence-electron chi connectivity index (χ3n) is 6.88. The zero-order valence-corrected chi connectivity index (χ0v) is 21.8. The third-order valence-corrected chi connectivity index (χ3v) is 6.88. The summed E-state index contributed by atoms with van der Waals surface area (Å²) in [6, 6.07) is 12.3. The molecule has 2 aromatic carbocycles. The van der Waals surface area contributed by atoms with E-state index in [1.54, 1.807) is 23.1 Å². The fraction of sp³-hybridized carbons (Fsp3) is 0.448. The van der Waals surface area contributed by atoms with Gasteiger partial charge in [-0.3, -0.25) is 0 Å². The van der Waals surface area contributed by atoms with Crippen LogP contribution in [0.2, 0.25) is 0 Å². The van der Waals surface area contributed by atoms with E-state index in [0.29, 0.717) is 31.0 Å². The van der Waals surface area contributed by atoms with E-state index in [-0.39, 0.29) is 17.9 Å². The largest absolute Gasteiger partial charge is 0.465 e. The number of rotatable bonds is 5. The molecule has 1 saturated heterocycles. The van der Waals surface area contributed by atoms with Crippen molar-refractivity contribution >= 4 is 23.0 Å². The Morgan fingerprint density at radius 1 is 1.06 bits per heavy atom. The van der Waals surface area contributed by atoms with Crippen LogP contribution in [0.25, 0.3) is 10.9 Å². The molecule has 1 aliphatic heterocycles. The summed E-state index contributed by atoms with van der Waals surface area (Å²) < 4.78 is 26.9. The minimum atomic E-state index is -0.500. The summed E-state index contributed by atoms with van der Waals surface area (Å²) in [5.41, 5.74) is 4.26. The first kappa shape index (κ1) is 25.7. The zero-order valence-electron chi connectivity index (χ0n) is 21.8. The number of ether oxygens (including phenoxy) is 2. The molecule has 2 heterocycles. The van der Waals surface area contributed by atoms with Crippen LogP contribution in [0.15, 0.2) is 42.5 Å². The number of esters is 1. The molecule has 0 saturated carbocycles. The molecule has 4 rings (SSSR count). The number of amides is 1. The molecule has 1 aromatic heterocycles. The summed E-state index contributed by atoms with van der Waals surface area (Å²) >= 11 is 0. The number of benzene rings is 2. The summed E-state index contributed by atoms with van der Waals surface area (Å²) in [5.74, 6) is -0.211. The topological polar surface area (TPSA) is 60.8 Å². The molecule has 0 aliphatic carbocycles. The summed E-state index contributed by atoms with van der Waals surface area (Å²) in [6.45, 7) is 9.89. The molecule has 6 nitrogen and oxygen atoms in total. The third kappa shape index (κ3) is 5.72. The Kier molecular flexibility index (Phi) is 7.38.